The Bertz CT molecular complexity index is 552. The Morgan fingerprint density at radius 3 is 2.35 bits per heavy atom. The summed E-state index contributed by atoms with van der Waals surface area (Å²) < 4.78 is 22.7. The van der Waals surface area contributed by atoms with Crippen molar-refractivity contribution in [1.29, 1.82) is 0 Å². The van der Waals surface area contributed by atoms with Crippen LogP contribution in [0.1, 0.15) is 28.4 Å². The van der Waals surface area contributed by atoms with Crippen molar-refractivity contribution in [3.8, 4) is 0 Å². The summed E-state index contributed by atoms with van der Waals surface area (Å²) in [6.07, 6.45) is 0. The molecule has 1 rings (SSSR count). The fourth-order valence-electron chi connectivity index (χ4n) is 1.60. The Morgan fingerprint density at radius 2 is 1.88 bits per heavy atom. The molecule has 0 atom stereocenters. The molecule has 0 unspecified atom stereocenters. The molecule has 1 N–H and O–H groups in total. The van der Waals surface area contributed by atoms with Gasteiger partial charge in [0.15, 0.2) is 0 Å². The lowest BCUT2D eigenvalue weighted by molar-refractivity contribution is 0.0955. The number of halogens is 1. The quantitative estimate of drug-likeness (QED) is 0.858. The number of carbonyl (C=O) groups excluding carboxylic acids is 1. The Kier molecular flexibility index (Phi) is 4.16. The van der Waals surface area contributed by atoms with Gasteiger partial charge in [-0.2, -0.15) is 0 Å². The number of hydrogen-bond donors (Lipinski definition) is 1. The summed E-state index contributed by atoms with van der Waals surface area (Å²) in [6.45, 7) is 5.67. The predicted molar refractivity (Wildman–Crippen MR) is 67.0 cm³/mol. The van der Waals surface area contributed by atoms with Crippen molar-refractivity contribution in [3.05, 3.63) is 28.8 Å². The number of amides is 1. The minimum Gasteiger partial charge on any atom is -0.352 e. The van der Waals surface area contributed by atoms with E-state index in [1.54, 1.807) is 26.8 Å². The average molecular weight is 276 g/mol. The van der Waals surface area contributed by atoms with Crippen LogP contribution in [0.25, 0.3) is 0 Å². The SMILES string of the molecule is CCNC(=O)c1cc(S(=O)(=O)Cl)c(C)cc1C. The summed E-state index contributed by atoms with van der Waals surface area (Å²) in [5.74, 6) is -0.299. The van der Waals surface area contributed by atoms with Gasteiger partial charge in [-0.3, -0.25) is 4.79 Å². The molecule has 0 aliphatic rings. The highest BCUT2D eigenvalue weighted by Gasteiger charge is 2.18. The number of carbonyl (C=O) groups is 1. The van der Waals surface area contributed by atoms with Gasteiger partial charge in [-0.15, -0.1) is 0 Å². The van der Waals surface area contributed by atoms with Gasteiger partial charge in [0.2, 0.25) is 0 Å². The maximum atomic E-state index is 11.7. The minimum absolute atomic E-state index is 0.0222. The Balaban J connectivity index is 3.39. The molecule has 4 nitrogen and oxygen atoms in total. The van der Waals surface area contributed by atoms with Gasteiger partial charge >= 0.3 is 0 Å². The molecular formula is C11H14ClNO3S. The number of nitrogens with one attached hydrogen (secondary N) is 1. The topological polar surface area (TPSA) is 63.2 Å². The maximum Gasteiger partial charge on any atom is 0.261 e. The molecule has 0 spiro atoms. The largest absolute Gasteiger partial charge is 0.352 e. The number of aryl methyl sites for hydroxylation is 2. The van der Waals surface area contributed by atoms with Gasteiger partial charge < -0.3 is 5.32 Å². The number of benzene rings is 1. The van der Waals surface area contributed by atoms with Gasteiger partial charge in [0.1, 0.15) is 0 Å². The van der Waals surface area contributed by atoms with Crippen LogP contribution in [0.2, 0.25) is 0 Å². The molecular weight excluding hydrogens is 262 g/mol. The highest BCUT2D eigenvalue weighted by molar-refractivity contribution is 8.13. The lowest BCUT2D eigenvalue weighted by Crippen LogP contribution is -2.23. The second-order valence-electron chi connectivity index (χ2n) is 3.73. The molecule has 1 aromatic carbocycles. The van der Waals surface area contributed by atoms with E-state index in [9.17, 15) is 13.2 Å². The molecule has 0 saturated carbocycles. The summed E-state index contributed by atoms with van der Waals surface area (Å²) in [4.78, 5) is 11.7. The van der Waals surface area contributed by atoms with E-state index in [0.717, 1.165) is 5.56 Å². The van der Waals surface area contributed by atoms with Gasteiger partial charge in [0.05, 0.1) is 4.90 Å². The summed E-state index contributed by atoms with van der Waals surface area (Å²) in [5, 5.41) is 2.62. The number of hydrogen-bond acceptors (Lipinski definition) is 3. The van der Waals surface area contributed by atoms with E-state index in [0.29, 0.717) is 17.7 Å². The van der Waals surface area contributed by atoms with E-state index >= 15 is 0 Å². The summed E-state index contributed by atoms with van der Waals surface area (Å²) in [6, 6.07) is 2.96. The molecule has 1 aromatic rings. The van der Waals surface area contributed by atoms with Crippen LogP contribution in [0.5, 0.6) is 0 Å². The van der Waals surface area contributed by atoms with E-state index in [4.69, 9.17) is 10.7 Å². The van der Waals surface area contributed by atoms with Crippen LogP contribution in [-0.4, -0.2) is 20.9 Å². The summed E-state index contributed by atoms with van der Waals surface area (Å²) in [5.41, 5.74) is 1.58. The van der Waals surface area contributed by atoms with Gasteiger partial charge in [-0.1, -0.05) is 6.07 Å². The fourth-order valence-corrected chi connectivity index (χ4v) is 2.80. The Labute approximate surface area is 105 Å². The Hall–Kier alpha value is -1.07. The van der Waals surface area contributed by atoms with Crippen LogP contribution >= 0.6 is 10.7 Å². The molecule has 0 bridgehead atoms. The molecule has 0 saturated heterocycles. The maximum absolute atomic E-state index is 11.7. The van der Waals surface area contributed by atoms with Gasteiger partial charge in [-0.25, -0.2) is 8.42 Å². The van der Waals surface area contributed by atoms with Crippen molar-refractivity contribution in [1.82, 2.24) is 5.32 Å². The molecule has 0 heterocycles. The van der Waals surface area contributed by atoms with E-state index in [1.165, 1.54) is 6.07 Å². The van der Waals surface area contributed by atoms with Crippen molar-refractivity contribution < 1.29 is 13.2 Å². The van der Waals surface area contributed by atoms with Crippen LogP contribution < -0.4 is 5.32 Å². The van der Waals surface area contributed by atoms with Crippen molar-refractivity contribution in [3.63, 3.8) is 0 Å². The van der Waals surface area contributed by atoms with Crippen molar-refractivity contribution in [2.24, 2.45) is 0 Å². The summed E-state index contributed by atoms with van der Waals surface area (Å²) in [7, 11) is 1.48. The predicted octanol–water partition coefficient (Wildman–Crippen LogP) is 1.98. The highest BCUT2D eigenvalue weighted by Crippen LogP contribution is 2.23. The third-order valence-electron chi connectivity index (χ3n) is 2.37. The highest BCUT2D eigenvalue weighted by atomic mass is 35.7. The van der Waals surface area contributed by atoms with Crippen molar-refractivity contribution in [2.45, 2.75) is 25.7 Å². The lowest BCUT2D eigenvalue weighted by Gasteiger charge is -2.10. The number of rotatable bonds is 3. The van der Waals surface area contributed by atoms with Crippen LogP contribution in [0.3, 0.4) is 0 Å². The Morgan fingerprint density at radius 1 is 1.29 bits per heavy atom. The molecule has 6 heteroatoms. The second-order valence-corrected chi connectivity index (χ2v) is 6.26. The van der Waals surface area contributed by atoms with Crippen LogP contribution in [0.15, 0.2) is 17.0 Å². The monoisotopic (exact) mass is 275 g/mol. The average Bonchev–Trinajstić information content (AvgIpc) is 2.15. The van der Waals surface area contributed by atoms with Crippen molar-refractivity contribution in [2.75, 3.05) is 6.54 Å². The van der Waals surface area contributed by atoms with E-state index < -0.39 is 9.05 Å². The van der Waals surface area contributed by atoms with E-state index in [-0.39, 0.29) is 10.8 Å². The van der Waals surface area contributed by atoms with Gasteiger partial charge in [0, 0.05) is 22.8 Å². The van der Waals surface area contributed by atoms with Gasteiger partial charge in [0.25, 0.3) is 15.0 Å². The standard InChI is InChI=1S/C11H14ClNO3S/c1-4-13-11(14)9-6-10(17(12,15)16)8(3)5-7(9)2/h5-6H,4H2,1-3H3,(H,13,14). The third kappa shape index (κ3) is 3.20. The zero-order valence-electron chi connectivity index (χ0n) is 9.87. The minimum atomic E-state index is -3.83. The first-order chi connectivity index (χ1) is 7.77. The van der Waals surface area contributed by atoms with Crippen LogP contribution in [-0.2, 0) is 9.05 Å². The van der Waals surface area contributed by atoms with Crippen LogP contribution in [0, 0.1) is 13.8 Å². The van der Waals surface area contributed by atoms with E-state index in [1.807, 2.05) is 0 Å². The molecule has 0 aliphatic carbocycles. The third-order valence-corrected chi connectivity index (χ3v) is 3.83. The van der Waals surface area contributed by atoms with Gasteiger partial charge in [-0.05, 0) is 38.0 Å². The summed E-state index contributed by atoms with van der Waals surface area (Å²) >= 11 is 0. The first-order valence-corrected chi connectivity index (χ1v) is 7.42. The molecule has 0 aliphatic heterocycles. The first-order valence-electron chi connectivity index (χ1n) is 5.11. The zero-order valence-corrected chi connectivity index (χ0v) is 11.4. The second kappa shape index (κ2) is 5.06. The molecule has 0 fully saturated rings. The smallest absolute Gasteiger partial charge is 0.261 e. The normalized spacial score (nSPS) is 11.3. The zero-order chi connectivity index (χ0) is 13.2. The fraction of sp³-hybridized carbons (Fsp3) is 0.364. The molecule has 94 valence electrons. The van der Waals surface area contributed by atoms with Crippen molar-refractivity contribution >= 4 is 25.6 Å². The molecule has 0 radical (unpaired) electrons. The first kappa shape index (κ1) is 14.0. The van der Waals surface area contributed by atoms with E-state index in [2.05, 4.69) is 5.32 Å². The molecule has 1 amide bonds. The molecule has 17 heavy (non-hydrogen) atoms. The molecule has 0 aromatic heterocycles. The lowest BCUT2D eigenvalue weighted by atomic mass is 10.1. The van der Waals surface area contributed by atoms with Crippen LogP contribution in [0.4, 0.5) is 0 Å².